The van der Waals surface area contributed by atoms with E-state index in [1.807, 2.05) is 30.3 Å². The number of rotatable bonds is 5. The van der Waals surface area contributed by atoms with Crippen molar-refractivity contribution in [1.82, 2.24) is 0 Å². The van der Waals surface area contributed by atoms with Crippen molar-refractivity contribution in [3.8, 4) is 5.75 Å². The third kappa shape index (κ3) is 4.30. The van der Waals surface area contributed by atoms with Gasteiger partial charge in [0, 0.05) is 11.6 Å². The zero-order chi connectivity index (χ0) is 13.7. The van der Waals surface area contributed by atoms with Gasteiger partial charge in [-0.3, -0.25) is 0 Å². The fourth-order valence-electron chi connectivity index (χ4n) is 1.54. The molecule has 2 nitrogen and oxygen atoms in total. The van der Waals surface area contributed by atoms with Gasteiger partial charge in [0.2, 0.25) is 0 Å². The van der Waals surface area contributed by atoms with Gasteiger partial charge in [0.1, 0.15) is 12.4 Å². The molecule has 5 heteroatoms. The highest BCUT2D eigenvalue weighted by Crippen LogP contribution is 2.28. The molecular formula is C14H12BrCl2NO. The molecule has 100 valence electrons. The largest absolute Gasteiger partial charge is 0.491 e. The van der Waals surface area contributed by atoms with Crippen LogP contribution >= 0.6 is 39.1 Å². The molecule has 0 saturated carbocycles. The molecule has 0 aliphatic heterocycles. The highest BCUT2D eigenvalue weighted by Gasteiger charge is 2.02. The lowest BCUT2D eigenvalue weighted by atomic mass is 10.3. The molecule has 2 aromatic carbocycles. The summed E-state index contributed by atoms with van der Waals surface area (Å²) < 4.78 is 6.49. The molecule has 0 unspecified atom stereocenters. The Morgan fingerprint density at radius 1 is 1.11 bits per heavy atom. The second kappa shape index (κ2) is 7.04. The molecule has 0 aliphatic rings. The molecule has 0 heterocycles. The van der Waals surface area contributed by atoms with Gasteiger partial charge < -0.3 is 10.1 Å². The molecule has 19 heavy (non-hydrogen) atoms. The number of halogens is 3. The molecule has 0 radical (unpaired) electrons. The Morgan fingerprint density at radius 2 is 1.89 bits per heavy atom. The number of anilines is 1. The van der Waals surface area contributed by atoms with Crippen LogP contribution < -0.4 is 10.1 Å². The molecule has 0 bridgehead atoms. The van der Waals surface area contributed by atoms with Crippen molar-refractivity contribution in [3.63, 3.8) is 0 Å². The van der Waals surface area contributed by atoms with Gasteiger partial charge in [-0.15, -0.1) is 0 Å². The van der Waals surface area contributed by atoms with Crippen molar-refractivity contribution in [3.05, 3.63) is 57.0 Å². The summed E-state index contributed by atoms with van der Waals surface area (Å²) in [7, 11) is 0. The Bertz CT molecular complexity index is 563. The molecule has 0 aliphatic carbocycles. The summed E-state index contributed by atoms with van der Waals surface area (Å²) in [5, 5.41) is 4.59. The minimum Gasteiger partial charge on any atom is -0.491 e. The van der Waals surface area contributed by atoms with Crippen LogP contribution in [0.3, 0.4) is 0 Å². The van der Waals surface area contributed by atoms with Crippen LogP contribution in [0.15, 0.2) is 46.9 Å². The van der Waals surface area contributed by atoms with Crippen LogP contribution in [-0.4, -0.2) is 13.2 Å². The van der Waals surface area contributed by atoms with E-state index in [2.05, 4.69) is 21.2 Å². The van der Waals surface area contributed by atoms with Crippen molar-refractivity contribution in [2.45, 2.75) is 0 Å². The van der Waals surface area contributed by atoms with E-state index in [0.717, 1.165) is 15.9 Å². The number of benzene rings is 2. The minimum absolute atomic E-state index is 0.533. The number of ether oxygens (including phenoxy) is 1. The second-order valence-electron chi connectivity index (χ2n) is 3.83. The van der Waals surface area contributed by atoms with Crippen molar-refractivity contribution in [2.75, 3.05) is 18.5 Å². The lowest BCUT2D eigenvalue weighted by Crippen LogP contribution is -2.11. The van der Waals surface area contributed by atoms with Gasteiger partial charge >= 0.3 is 0 Å². The standard InChI is InChI=1S/C14H12BrCl2NO/c15-11-9-10(16)5-6-14(11)19-8-7-18-13-4-2-1-3-12(13)17/h1-6,9,18H,7-8H2. The molecule has 0 aromatic heterocycles. The van der Waals surface area contributed by atoms with E-state index in [0.29, 0.717) is 23.2 Å². The molecule has 0 atom stereocenters. The average Bonchev–Trinajstić information content (AvgIpc) is 2.38. The van der Waals surface area contributed by atoms with Gasteiger partial charge in [-0.1, -0.05) is 35.3 Å². The zero-order valence-corrected chi connectivity index (χ0v) is 13.1. The molecule has 0 spiro atoms. The monoisotopic (exact) mass is 359 g/mol. The van der Waals surface area contributed by atoms with Crippen LogP contribution in [0.1, 0.15) is 0 Å². The van der Waals surface area contributed by atoms with Gasteiger partial charge in [0.15, 0.2) is 0 Å². The van der Waals surface area contributed by atoms with Crippen LogP contribution in [0, 0.1) is 0 Å². The van der Waals surface area contributed by atoms with Crippen LogP contribution in [0.2, 0.25) is 10.0 Å². The maximum atomic E-state index is 6.04. The predicted octanol–water partition coefficient (Wildman–Crippen LogP) is 5.25. The smallest absolute Gasteiger partial charge is 0.133 e. The first kappa shape index (κ1) is 14.5. The van der Waals surface area contributed by atoms with Gasteiger partial charge in [0.25, 0.3) is 0 Å². The Hall–Kier alpha value is -0.900. The highest BCUT2D eigenvalue weighted by molar-refractivity contribution is 9.10. The van der Waals surface area contributed by atoms with Crippen LogP contribution in [0.5, 0.6) is 5.75 Å². The SMILES string of the molecule is Clc1ccc(OCCNc2ccccc2Cl)c(Br)c1. The topological polar surface area (TPSA) is 21.3 Å². The summed E-state index contributed by atoms with van der Waals surface area (Å²) in [6.07, 6.45) is 0. The van der Waals surface area contributed by atoms with E-state index in [4.69, 9.17) is 27.9 Å². The van der Waals surface area contributed by atoms with Gasteiger partial charge in [-0.05, 0) is 46.3 Å². The Balaban J connectivity index is 1.83. The molecular weight excluding hydrogens is 349 g/mol. The van der Waals surface area contributed by atoms with Crippen LogP contribution in [-0.2, 0) is 0 Å². The maximum Gasteiger partial charge on any atom is 0.133 e. The van der Waals surface area contributed by atoms with Crippen molar-refractivity contribution < 1.29 is 4.74 Å². The van der Waals surface area contributed by atoms with Gasteiger partial charge in [-0.2, -0.15) is 0 Å². The van der Waals surface area contributed by atoms with E-state index >= 15 is 0 Å². The summed E-state index contributed by atoms with van der Waals surface area (Å²) in [6, 6.07) is 13.0. The van der Waals surface area contributed by atoms with Crippen molar-refractivity contribution in [1.29, 1.82) is 0 Å². The fourth-order valence-corrected chi connectivity index (χ4v) is 2.54. The van der Waals surface area contributed by atoms with Gasteiger partial charge in [-0.25, -0.2) is 0 Å². The maximum absolute atomic E-state index is 6.04. The summed E-state index contributed by atoms with van der Waals surface area (Å²) in [4.78, 5) is 0. The number of nitrogens with one attached hydrogen (secondary N) is 1. The third-order valence-electron chi connectivity index (χ3n) is 2.44. The van der Waals surface area contributed by atoms with E-state index in [9.17, 15) is 0 Å². The van der Waals surface area contributed by atoms with Crippen LogP contribution in [0.4, 0.5) is 5.69 Å². The minimum atomic E-state index is 0.533. The lowest BCUT2D eigenvalue weighted by molar-refractivity contribution is 0.331. The van der Waals surface area contributed by atoms with Gasteiger partial charge in [0.05, 0.1) is 15.2 Å². The van der Waals surface area contributed by atoms with Crippen molar-refractivity contribution >= 4 is 44.8 Å². The van der Waals surface area contributed by atoms with Crippen LogP contribution in [0.25, 0.3) is 0 Å². The first-order valence-electron chi connectivity index (χ1n) is 5.73. The lowest BCUT2D eigenvalue weighted by Gasteiger charge is -2.11. The zero-order valence-electron chi connectivity index (χ0n) is 10.00. The first-order valence-corrected chi connectivity index (χ1v) is 7.28. The summed E-state index contributed by atoms with van der Waals surface area (Å²) in [6.45, 7) is 1.20. The third-order valence-corrected chi connectivity index (χ3v) is 3.63. The summed E-state index contributed by atoms with van der Waals surface area (Å²) >= 11 is 15.3. The summed E-state index contributed by atoms with van der Waals surface area (Å²) in [5.41, 5.74) is 0.905. The highest BCUT2D eigenvalue weighted by atomic mass is 79.9. The number of hydrogen-bond donors (Lipinski definition) is 1. The molecule has 0 saturated heterocycles. The summed E-state index contributed by atoms with van der Waals surface area (Å²) in [5.74, 6) is 0.769. The normalized spacial score (nSPS) is 10.3. The Labute approximate surface area is 130 Å². The van der Waals surface area contributed by atoms with E-state index < -0.39 is 0 Å². The number of hydrogen-bond acceptors (Lipinski definition) is 2. The van der Waals surface area contributed by atoms with E-state index in [-0.39, 0.29) is 0 Å². The molecule has 1 N–H and O–H groups in total. The van der Waals surface area contributed by atoms with E-state index in [1.165, 1.54) is 0 Å². The predicted molar refractivity (Wildman–Crippen MR) is 84.6 cm³/mol. The average molecular weight is 361 g/mol. The molecule has 0 amide bonds. The van der Waals surface area contributed by atoms with Crippen molar-refractivity contribution in [2.24, 2.45) is 0 Å². The molecule has 0 fully saturated rings. The Kier molecular flexibility index (Phi) is 5.37. The second-order valence-corrected chi connectivity index (χ2v) is 5.53. The quantitative estimate of drug-likeness (QED) is 0.735. The molecule has 2 aromatic rings. The fraction of sp³-hybridized carbons (Fsp3) is 0.143. The first-order chi connectivity index (χ1) is 9.16. The Morgan fingerprint density at radius 3 is 2.63 bits per heavy atom. The molecule has 2 rings (SSSR count). The number of para-hydroxylation sites is 1. The van der Waals surface area contributed by atoms with E-state index in [1.54, 1.807) is 12.1 Å².